The quantitative estimate of drug-likeness (QED) is 0.839. The Hall–Kier alpha value is -1.79. The molecule has 0 radical (unpaired) electrons. The van der Waals surface area contributed by atoms with Crippen LogP contribution in [0.25, 0.3) is 11.1 Å². The van der Waals surface area contributed by atoms with E-state index in [9.17, 15) is 13.2 Å². The Morgan fingerprint density at radius 3 is 2.26 bits per heavy atom. The van der Waals surface area contributed by atoms with Crippen molar-refractivity contribution in [1.29, 1.82) is 0 Å². The van der Waals surface area contributed by atoms with E-state index < -0.39 is 15.9 Å². The molecule has 0 saturated heterocycles. The predicted molar refractivity (Wildman–Crippen MR) is 95.2 cm³/mol. The van der Waals surface area contributed by atoms with Gasteiger partial charge in [0.05, 0.1) is 11.8 Å². The molecule has 0 atom stereocenters. The zero-order chi connectivity index (χ0) is 17.0. The molecule has 1 amide bonds. The van der Waals surface area contributed by atoms with Gasteiger partial charge in [-0.3, -0.25) is 4.79 Å². The average Bonchev–Trinajstić information content (AvgIpc) is 2.45. The van der Waals surface area contributed by atoms with Crippen LogP contribution in [0.15, 0.2) is 53.4 Å². The lowest BCUT2D eigenvalue weighted by Crippen LogP contribution is -2.29. The summed E-state index contributed by atoms with van der Waals surface area (Å²) in [4.78, 5) is 13.0. The van der Waals surface area contributed by atoms with Crippen molar-refractivity contribution in [3.05, 3.63) is 54.1 Å². The molecule has 4 nitrogen and oxygen atoms in total. The van der Waals surface area contributed by atoms with Gasteiger partial charge in [0.25, 0.3) is 5.91 Å². The summed E-state index contributed by atoms with van der Waals surface area (Å²) >= 11 is 1.53. The van der Waals surface area contributed by atoms with E-state index in [1.807, 2.05) is 61.0 Å². The number of carbonyl (C=O) groups excluding carboxylic acids is 1. The van der Waals surface area contributed by atoms with Crippen LogP contribution >= 0.6 is 11.8 Å². The monoisotopic (exact) mass is 349 g/mol. The minimum Gasteiger partial charge on any atom is -0.268 e. The molecule has 2 aromatic carbocycles. The fourth-order valence-corrected chi connectivity index (χ4v) is 3.53. The number of thioether (sulfide) groups is 1. The van der Waals surface area contributed by atoms with Gasteiger partial charge < -0.3 is 0 Å². The predicted octanol–water partition coefficient (Wildman–Crippen LogP) is 3.54. The minimum absolute atomic E-state index is 0.269. The third-order valence-corrected chi connectivity index (χ3v) is 4.59. The fraction of sp³-hybridized carbons (Fsp3) is 0.235. The Morgan fingerprint density at radius 2 is 1.70 bits per heavy atom. The largest absolute Gasteiger partial charge is 0.268 e. The first-order chi connectivity index (χ1) is 10.8. The molecule has 23 heavy (non-hydrogen) atoms. The second kappa shape index (κ2) is 7.19. The zero-order valence-electron chi connectivity index (χ0n) is 13.2. The van der Waals surface area contributed by atoms with Crippen molar-refractivity contribution < 1.29 is 13.2 Å². The summed E-state index contributed by atoms with van der Waals surface area (Å²) in [6.07, 6.45) is 0.971. The first kappa shape index (κ1) is 17.6. The first-order valence-electron chi connectivity index (χ1n) is 7.14. The summed E-state index contributed by atoms with van der Waals surface area (Å²) < 4.78 is 24.6. The molecule has 1 N–H and O–H groups in total. The Balaban J connectivity index is 2.45. The molecule has 0 aliphatic heterocycles. The second-order valence-corrected chi connectivity index (χ2v) is 8.81. The van der Waals surface area contributed by atoms with Gasteiger partial charge in [0.1, 0.15) is 0 Å². The van der Waals surface area contributed by atoms with Crippen molar-refractivity contribution in [3.8, 4) is 11.1 Å². The molecular weight excluding hydrogens is 330 g/mol. The summed E-state index contributed by atoms with van der Waals surface area (Å²) in [7, 11) is -3.59. The fourth-order valence-electron chi connectivity index (χ4n) is 2.09. The highest BCUT2D eigenvalue weighted by atomic mass is 32.2. The van der Waals surface area contributed by atoms with Gasteiger partial charge in [0.2, 0.25) is 10.0 Å². The number of hydrogen-bond acceptors (Lipinski definition) is 4. The highest BCUT2D eigenvalue weighted by molar-refractivity contribution is 8.00. The van der Waals surface area contributed by atoms with Crippen LogP contribution < -0.4 is 4.72 Å². The Morgan fingerprint density at radius 1 is 1.04 bits per heavy atom. The molecule has 2 rings (SSSR count). The molecule has 0 aliphatic carbocycles. The van der Waals surface area contributed by atoms with Crippen molar-refractivity contribution in [3.63, 3.8) is 0 Å². The standard InChI is InChI=1S/C17H19NO3S2/c1-12(2)22-16-11-14(13-7-5-4-6-8-13)9-10-15(16)17(19)18-23(3,20)21/h4-12H,1-3H3,(H,18,19). The summed E-state index contributed by atoms with van der Waals surface area (Å²) in [5.41, 5.74) is 2.41. The Kier molecular flexibility index (Phi) is 5.49. The minimum atomic E-state index is -3.59. The van der Waals surface area contributed by atoms with Crippen LogP contribution in [0.1, 0.15) is 24.2 Å². The Bertz CT molecular complexity index is 800. The summed E-state index contributed by atoms with van der Waals surface area (Å²) in [6.45, 7) is 4.05. The second-order valence-electron chi connectivity index (χ2n) is 5.45. The number of nitrogens with one attached hydrogen (secondary N) is 1. The molecule has 122 valence electrons. The number of benzene rings is 2. The van der Waals surface area contributed by atoms with E-state index in [-0.39, 0.29) is 5.25 Å². The molecule has 0 heterocycles. The SMILES string of the molecule is CC(C)Sc1cc(-c2ccccc2)ccc1C(=O)NS(C)(=O)=O. The molecule has 0 aliphatic rings. The highest BCUT2D eigenvalue weighted by Crippen LogP contribution is 2.31. The summed E-state index contributed by atoms with van der Waals surface area (Å²) in [5, 5.41) is 0.269. The normalized spacial score (nSPS) is 11.5. The van der Waals surface area contributed by atoms with E-state index in [2.05, 4.69) is 0 Å². The number of carbonyl (C=O) groups is 1. The van der Waals surface area contributed by atoms with Gasteiger partial charge in [0.15, 0.2) is 0 Å². The lowest BCUT2D eigenvalue weighted by Gasteiger charge is -2.13. The van der Waals surface area contributed by atoms with Gasteiger partial charge in [0, 0.05) is 10.1 Å². The highest BCUT2D eigenvalue weighted by Gasteiger charge is 2.17. The molecule has 0 saturated carbocycles. The number of amides is 1. The molecule has 0 aromatic heterocycles. The van der Waals surface area contributed by atoms with E-state index >= 15 is 0 Å². The maximum atomic E-state index is 12.2. The van der Waals surface area contributed by atoms with E-state index in [0.29, 0.717) is 5.56 Å². The number of rotatable bonds is 5. The Labute approximate surface area is 141 Å². The van der Waals surface area contributed by atoms with Crippen LogP contribution in [-0.2, 0) is 10.0 Å². The van der Waals surface area contributed by atoms with E-state index in [0.717, 1.165) is 22.3 Å². The smallest absolute Gasteiger partial charge is 0.265 e. The number of sulfonamides is 1. The topological polar surface area (TPSA) is 63.2 Å². The van der Waals surface area contributed by atoms with Gasteiger partial charge in [-0.25, -0.2) is 13.1 Å². The third kappa shape index (κ3) is 5.11. The van der Waals surface area contributed by atoms with Crippen LogP contribution in [0.3, 0.4) is 0 Å². The molecular formula is C17H19NO3S2. The summed E-state index contributed by atoms with van der Waals surface area (Å²) in [6, 6.07) is 15.3. The van der Waals surface area contributed by atoms with Crippen LogP contribution in [0.4, 0.5) is 0 Å². The van der Waals surface area contributed by atoms with E-state index in [4.69, 9.17) is 0 Å². The molecule has 6 heteroatoms. The van der Waals surface area contributed by atoms with Crippen molar-refractivity contribution in [1.82, 2.24) is 4.72 Å². The number of hydrogen-bond donors (Lipinski definition) is 1. The lowest BCUT2D eigenvalue weighted by atomic mass is 10.0. The van der Waals surface area contributed by atoms with Crippen LogP contribution in [-0.4, -0.2) is 25.8 Å². The van der Waals surface area contributed by atoms with Crippen molar-refractivity contribution in [2.75, 3.05) is 6.26 Å². The third-order valence-electron chi connectivity index (χ3n) is 2.97. The van der Waals surface area contributed by atoms with Crippen LogP contribution in [0.5, 0.6) is 0 Å². The first-order valence-corrected chi connectivity index (χ1v) is 9.91. The molecule has 0 bridgehead atoms. The van der Waals surface area contributed by atoms with E-state index in [1.165, 1.54) is 11.8 Å². The van der Waals surface area contributed by atoms with Crippen LogP contribution in [0, 0.1) is 0 Å². The van der Waals surface area contributed by atoms with Crippen molar-refractivity contribution >= 4 is 27.7 Å². The molecule has 0 unspecified atom stereocenters. The van der Waals surface area contributed by atoms with Gasteiger partial charge >= 0.3 is 0 Å². The van der Waals surface area contributed by atoms with Crippen molar-refractivity contribution in [2.45, 2.75) is 24.0 Å². The van der Waals surface area contributed by atoms with Gasteiger partial charge in [-0.15, -0.1) is 11.8 Å². The lowest BCUT2D eigenvalue weighted by molar-refractivity contribution is 0.0979. The van der Waals surface area contributed by atoms with Crippen molar-refractivity contribution in [2.24, 2.45) is 0 Å². The van der Waals surface area contributed by atoms with Gasteiger partial charge in [-0.05, 0) is 23.3 Å². The molecule has 2 aromatic rings. The summed E-state index contributed by atoms with van der Waals surface area (Å²) in [5.74, 6) is -0.602. The average molecular weight is 349 g/mol. The maximum Gasteiger partial charge on any atom is 0.265 e. The van der Waals surface area contributed by atoms with Gasteiger partial charge in [-0.2, -0.15) is 0 Å². The maximum absolute atomic E-state index is 12.2. The van der Waals surface area contributed by atoms with Crippen LogP contribution in [0.2, 0.25) is 0 Å². The molecule has 0 spiro atoms. The van der Waals surface area contributed by atoms with E-state index in [1.54, 1.807) is 6.07 Å². The molecule has 0 fully saturated rings. The zero-order valence-corrected chi connectivity index (χ0v) is 14.9. The van der Waals surface area contributed by atoms with Gasteiger partial charge in [-0.1, -0.05) is 50.2 Å².